The normalized spacial score (nSPS) is 18.0. The molecule has 0 spiro atoms. The van der Waals surface area contributed by atoms with Gasteiger partial charge in [0.15, 0.2) is 5.65 Å². The predicted molar refractivity (Wildman–Crippen MR) is 94.1 cm³/mol. The second kappa shape index (κ2) is 6.13. The third-order valence-corrected chi connectivity index (χ3v) is 4.56. The summed E-state index contributed by atoms with van der Waals surface area (Å²) in [5, 5.41) is 4.39. The van der Waals surface area contributed by atoms with Gasteiger partial charge in [-0.05, 0) is 18.9 Å². The van der Waals surface area contributed by atoms with E-state index in [1.807, 2.05) is 31.7 Å². The van der Waals surface area contributed by atoms with Crippen LogP contribution in [-0.2, 0) is 4.79 Å². The van der Waals surface area contributed by atoms with Crippen LogP contribution in [0.2, 0.25) is 0 Å². The van der Waals surface area contributed by atoms with Crippen molar-refractivity contribution < 1.29 is 9.59 Å². The Morgan fingerprint density at radius 3 is 2.64 bits per heavy atom. The number of carbonyl (C=O) groups excluding carboxylic acids is 2. The number of amides is 2. The van der Waals surface area contributed by atoms with E-state index < -0.39 is 5.41 Å². The molecule has 0 radical (unpaired) electrons. The summed E-state index contributed by atoms with van der Waals surface area (Å²) < 4.78 is 1.70. The fraction of sp³-hybridized carbons (Fsp3) is 0.556. The molecule has 0 saturated carbocycles. The van der Waals surface area contributed by atoms with Gasteiger partial charge in [-0.15, -0.1) is 0 Å². The summed E-state index contributed by atoms with van der Waals surface area (Å²) in [5.74, 6) is 0.00501. The molecule has 0 bridgehead atoms. The van der Waals surface area contributed by atoms with Crippen LogP contribution in [0, 0.1) is 5.41 Å². The Hall–Kier alpha value is -2.44. The van der Waals surface area contributed by atoms with Crippen LogP contribution in [0.1, 0.15) is 55.7 Å². The summed E-state index contributed by atoms with van der Waals surface area (Å²) in [6.07, 6.45) is 5.09. The van der Waals surface area contributed by atoms with Crippen LogP contribution in [0.15, 0.2) is 18.5 Å². The predicted octanol–water partition coefficient (Wildman–Crippen LogP) is 2.14. The van der Waals surface area contributed by atoms with E-state index >= 15 is 0 Å². The van der Waals surface area contributed by atoms with E-state index in [0.29, 0.717) is 11.2 Å². The van der Waals surface area contributed by atoms with Crippen molar-refractivity contribution in [3.8, 4) is 0 Å². The van der Waals surface area contributed by atoms with E-state index in [0.717, 1.165) is 25.1 Å². The molecule has 0 aromatic carbocycles. The topological polar surface area (TPSA) is 70.8 Å². The van der Waals surface area contributed by atoms with Crippen molar-refractivity contribution in [2.45, 2.75) is 39.7 Å². The number of likely N-dealkylation sites (tertiary alicyclic amines) is 1. The minimum absolute atomic E-state index is 0.0422. The Kier molecular flexibility index (Phi) is 4.26. The minimum atomic E-state index is -0.426. The summed E-state index contributed by atoms with van der Waals surface area (Å²) in [5.41, 5.74) is 1.48. The summed E-state index contributed by atoms with van der Waals surface area (Å²) in [7, 11) is 3.41. The maximum atomic E-state index is 12.8. The van der Waals surface area contributed by atoms with Crippen LogP contribution in [0.5, 0.6) is 0 Å². The Balaban J connectivity index is 2.04. The standard InChI is InChI=1S/C18H25N5O2/c1-18(2,3)17(25)22-10-6-7-13(22)14-8-9-19-15-12(11-20-23(14)15)16(24)21(4)5/h8-9,11,13H,6-7,10H2,1-5H3/t13-/m1/s1. The fourth-order valence-corrected chi connectivity index (χ4v) is 3.30. The van der Waals surface area contributed by atoms with Gasteiger partial charge in [0, 0.05) is 32.3 Å². The summed E-state index contributed by atoms with van der Waals surface area (Å²) >= 11 is 0. The maximum Gasteiger partial charge on any atom is 0.258 e. The van der Waals surface area contributed by atoms with Crippen LogP contribution in [-0.4, -0.2) is 56.9 Å². The number of aromatic nitrogens is 3. The van der Waals surface area contributed by atoms with Crippen molar-refractivity contribution in [1.82, 2.24) is 24.4 Å². The van der Waals surface area contributed by atoms with E-state index in [4.69, 9.17) is 0 Å². The first-order valence-electron chi connectivity index (χ1n) is 8.57. The van der Waals surface area contributed by atoms with Gasteiger partial charge in [0.2, 0.25) is 5.91 Å². The molecule has 1 fully saturated rings. The van der Waals surface area contributed by atoms with Gasteiger partial charge in [-0.25, -0.2) is 9.50 Å². The number of hydrogen-bond acceptors (Lipinski definition) is 4. The summed E-state index contributed by atoms with van der Waals surface area (Å²) in [6, 6.07) is 1.85. The first kappa shape index (κ1) is 17.4. The van der Waals surface area contributed by atoms with E-state index in [1.54, 1.807) is 31.0 Å². The molecule has 134 valence electrons. The molecule has 2 aromatic heterocycles. The molecule has 0 N–H and O–H groups in total. The number of nitrogens with zero attached hydrogens (tertiary/aromatic N) is 5. The molecule has 0 aliphatic carbocycles. The Labute approximate surface area is 147 Å². The third-order valence-electron chi connectivity index (χ3n) is 4.56. The lowest BCUT2D eigenvalue weighted by atomic mass is 9.94. The lowest BCUT2D eigenvalue weighted by molar-refractivity contribution is -0.140. The third kappa shape index (κ3) is 2.99. The van der Waals surface area contributed by atoms with Crippen molar-refractivity contribution in [3.63, 3.8) is 0 Å². The highest BCUT2D eigenvalue weighted by Gasteiger charge is 2.37. The van der Waals surface area contributed by atoms with Crippen molar-refractivity contribution in [2.75, 3.05) is 20.6 Å². The van der Waals surface area contributed by atoms with E-state index in [-0.39, 0.29) is 17.9 Å². The van der Waals surface area contributed by atoms with Gasteiger partial charge in [0.05, 0.1) is 17.9 Å². The molecule has 1 saturated heterocycles. The van der Waals surface area contributed by atoms with E-state index in [1.165, 1.54) is 4.90 Å². The molecule has 2 aromatic rings. The number of carbonyl (C=O) groups is 2. The number of hydrogen-bond donors (Lipinski definition) is 0. The first-order chi connectivity index (χ1) is 11.7. The SMILES string of the molecule is CN(C)C(=O)c1cnn2c([C@H]3CCCN3C(=O)C(C)(C)C)ccnc12. The van der Waals surface area contributed by atoms with Crippen LogP contribution in [0.25, 0.3) is 5.65 Å². The Bertz CT molecular complexity index is 818. The van der Waals surface area contributed by atoms with Crippen molar-refractivity contribution >= 4 is 17.5 Å². The lowest BCUT2D eigenvalue weighted by Gasteiger charge is -2.31. The van der Waals surface area contributed by atoms with Gasteiger partial charge in [-0.3, -0.25) is 9.59 Å². The molecule has 1 atom stereocenters. The molecule has 0 unspecified atom stereocenters. The largest absolute Gasteiger partial charge is 0.345 e. The van der Waals surface area contributed by atoms with Gasteiger partial charge in [-0.2, -0.15) is 5.10 Å². The second-order valence-electron chi connectivity index (χ2n) is 7.77. The molecule has 1 aliphatic heterocycles. The zero-order valence-electron chi connectivity index (χ0n) is 15.5. The van der Waals surface area contributed by atoms with Crippen LogP contribution < -0.4 is 0 Å². The molecule has 7 heteroatoms. The highest BCUT2D eigenvalue weighted by atomic mass is 16.2. The van der Waals surface area contributed by atoms with Crippen LogP contribution >= 0.6 is 0 Å². The van der Waals surface area contributed by atoms with Crippen molar-refractivity contribution in [1.29, 1.82) is 0 Å². The molecular weight excluding hydrogens is 318 g/mol. The number of rotatable bonds is 2. The molecule has 1 aliphatic rings. The molecule has 25 heavy (non-hydrogen) atoms. The van der Waals surface area contributed by atoms with Gasteiger partial charge in [0.1, 0.15) is 5.56 Å². The minimum Gasteiger partial charge on any atom is -0.345 e. The van der Waals surface area contributed by atoms with Crippen LogP contribution in [0.4, 0.5) is 0 Å². The lowest BCUT2D eigenvalue weighted by Crippen LogP contribution is -2.39. The first-order valence-corrected chi connectivity index (χ1v) is 8.57. The monoisotopic (exact) mass is 343 g/mol. The van der Waals surface area contributed by atoms with Crippen molar-refractivity contribution in [3.05, 3.63) is 29.7 Å². The summed E-state index contributed by atoms with van der Waals surface area (Å²) in [6.45, 7) is 6.56. The number of fused-ring (bicyclic) bond motifs is 1. The molecule has 3 heterocycles. The van der Waals surface area contributed by atoms with Gasteiger partial charge in [-0.1, -0.05) is 20.8 Å². The zero-order valence-corrected chi connectivity index (χ0v) is 15.5. The smallest absolute Gasteiger partial charge is 0.258 e. The average Bonchev–Trinajstić information content (AvgIpc) is 3.18. The zero-order chi connectivity index (χ0) is 18.4. The second-order valence-corrected chi connectivity index (χ2v) is 7.77. The maximum absolute atomic E-state index is 12.8. The van der Waals surface area contributed by atoms with Gasteiger partial charge >= 0.3 is 0 Å². The quantitative estimate of drug-likeness (QED) is 0.838. The molecule has 3 rings (SSSR count). The average molecular weight is 343 g/mol. The van der Waals surface area contributed by atoms with E-state index in [2.05, 4.69) is 10.1 Å². The Morgan fingerprint density at radius 1 is 1.28 bits per heavy atom. The summed E-state index contributed by atoms with van der Waals surface area (Å²) in [4.78, 5) is 32.9. The van der Waals surface area contributed by atoms with E-state index in [9.17, 15) is 9.59 Å². The fourth-order valence-electron chi connectivity index (χ4n) is 3.30. The highest BCUT2D eigenvalue weighted by Crippen LogP contribution is 2.35. The highest BCUT2D eigenvalue weighted by molar-refractivity contribution is 5.99. The molecule has 7 nitrogen and oxygen atoms in total. The van der Waals surface area contributed by atoms with Crippen molar-refractivity contribution in [2.24, 2.45) is 5.41 Å². The molecular formula is C18H25N5O2. The Morgan fingerprint density at radius 2 is 2.00 bits per heavy atom. The van der Waals surface area contributed by atoms with Crippen LogP contribution in [0.3, 0.4) is 0 Å². The molecule has 2 amide bonds. The van der Waals surface area contributed by atoms with Gasteiger partial charge < -0.3 is 9.80 Å². The van der Waals surface area contributed by atoms with Gasteiger partial charge in [0.25, 0.3) is 5.91 Å².